The van der Waals surface area contributed by atoms with Gasteiger partial charge in [-0.15, -0.1) is 0 Å². The lowest BCUT2D eigenvalue weighted by molar-refractivity contribution is 0.171. The normalized spacial score (nSPS) is 29.3. The van der Waals surface area contributed by atoms with Crippen molar-refractivity contribution in [1.29, 1.82) is 0 Å². The molecular weight excluding hydrogens is 335 g/mol. The first-order valence-corrected chi connectivity index (χ1v) is 11.1. The molecule has 1 nitrogen and oxygen atoms in total. The van der Waals surface area contributed by atoms with Crippen molar-refractivity contribution in [1.82, 2.24) is 0 Å². The van der Waals surface area contributed by atoms with Gasteiger partial charge in [0.2, 0.25) is 0 Å². The maximum atomic E-state index is 14.2. The second kappa shape index (κ2) is 10.4. The van der Waals surface area contributed by atoms with E-state index in [1.54, 1.807) is 13.2 Å². The van der Waals surface area contributed by atoms with Crippen molar-refractivity contribution in [3.05, 3.63) is 47.3 Å². The fourth-order valence-electron chi connectivity index (χ4n) is 5.28. The summed E-state index contributed by atoms with van der Waals surface area (Å²) in [7, 11) is 1.61. The fraction of sp³-hybridized carbons (Fsp3) is 0.680. The number of hydrogen-bond donors (Lipinski definition) is 0. The highest BCUT2D eigenvalue weighted by atomic mass is 19.1. The van der Waals surface area contributed by atoms with Gasteiger partial charge in [-0.25, -0.2) is 4.39 Å². The zero-order valence-electron chi connectivity index (χ0n) is 17.3. The van der Waals surface area contributed by atoms with Crippen LogP contribution < -0.4 is 0 Å². The van der Waals surface area contributed by atoms with Gasteiger partial charge in [-0.2, -0.15) is 0 Å². The number of ether oxygens (including phenoxy) is 1. The van der Waals surface area contributed by atoms with Gasteiger partial charge < -0.3 is 4.74 Å². The van der Waals surface area contributed by atoms with Crippen molar-refractivity contribution in [3.63, 3.8) is 0 Å². The van der Waals surface area contributed by atoms with Gasteiger partial charge in [-0.1, -0.05) is 37.6 Å². The van der Waals surface area contributed by atoms with Crippen LogP contribution in [0.15, 0.2) is 30.4 Å². The number of hydrogen-bond acceptors (Lipinski definition) is 1. The molecule has 0 aromatic heterocycles. The van der Waals surface area contributed by atoms with Crippen molar-refractivity contribution >= 4 is 0 Å². The highest BCUT2D eigenvalue weighted by Gasteiger charge is 2.30. The molecule has 2 aliphatic rings. The van der Waals surface area contributed by atoms with E-state index in [0.717, 1.165) is 17.8 Å². The molecule has 150 valence electrons. The van der Waals surface area contributed by atoms with Gasteiger partial charge in [0.25, 0.3) is 0 Å². The standard InChI is InChI=1S/C25H37FO/c1-3-4-5-6-19-7-9-20(10-8-19)21-11-13-22(14-12-21)23-15-16-24(18-27-2)25(26)17-23/h5-6,15-17,19-22H,3-4,7-14,18H2,1-2H3/b6-5+/t19-,20-,21?,22?. The fourth-order valence-corrected chi connectivity index (χ4v) is 5.28. The summed E-state index contributed by atoms with van der Waals surface area (Å²) in [5.41, 5.74) is 1.86. The van der Waals surface area contributed by atoms with Crippen molar-refractivity contribution < 1.29 is 9.13 Å². The lowest BCUT2D eigenvalue weighted by Crippen LogP contribution is -2.25. The second-order valence-electron chi connectivity index (χ2n) is 8.79. The van der Waals surface area contributed by atoms with Crippen molar-refractivity contribution in [2.75, 3.05) is 7.11 Å². The van der Waals surface area contributed by atoms with Crippen LogP contribution in [0.4, 0.5) is 4.39 Å². The lowest BCUT2D eigenvalue weighted by atomic mass is 9.68. The predicted octanol–water partition coefficient (Wildman–Crippen LogP) is 7.41. The summed E-state index contributed by atoms with van der Waals surface area (Å²) >= 11 is 0. The molecular formula is C25H37FO. The molecule has 0 radical (unpaired) electrons. The lowest BCUT2D eigenvalue weighted by Gasteiger charge is -2.37. The third-order valence-electron chi connectivity index (χ3n) is 6.97. The van der Waals surface area contributed by atoms with Crippen LogP contribution in [0, 0.1) is 23.6 Å². The summed E-state index contributed by atoms with van der Waals surface area (Å²) in [5.74, 6) is 3.10. The highest BCUT2D eigenvalue weighted by molar-refractivity contribution is 5.27. The molecule has 0 aliphatic heterocycles. The van der Waals surface area contributed by atoms with Gasteiger partial charge in [0.1, 0.15) is 5.82 Å². The Kier molecular flexibility index (Phi) is 7.93. The Bertz CT molecular complexity index is 592. The molecule has 27 heavy (non-hydrogen) atoms. The first kappa shape index (κ1) is 20.6. The molecule has 0 spiro atoms. The average Bonchev–Trinajstić information content (AvgIpc) is 2.71. The number of methoxy groups -OCH3 is 1. The predicted molar refractivity (Wildman–Crippen MR) is 111 cm³/mol. The van der Waals surface area contributed by atoms with Gasteiger partial charge in [0.15, 0.2) is 0 Å². The largest absolute Gasteiger partial charge is 0.380 e. The molecule has 0 bridgehead atoms. The molecule has 2 fully saturated rings. The minimum Gasteiger partial charge on any atom is -0.380 e. The van der Waals surface area contributed by atoms with Crippen LogP contribution >= 0.6 is 0 Å². The Morgan fingerprint density at radius 2 is 1.67 bits per heavy atom. The van der Waals surface area contributed by atoms with Crippen molar-refractivity contribution in [2.45, 2.75) is 83.7 Å². The molecule has 0 unspecified atom stereocenters. The Hall–Kier alpha value is -1.15. The van der Waals surface area contributed by atoms with Crippen LogP contribution in [-0.2, 0) is 11.3 Å². The number of unbranched alkanes of at least 4 members (excludes halogenated alkanes) is 1. The van der Waals surface area contributed by atoms with Crippen LogP contribution in [0.25, 0.3) is 0 Å². The van der Waals surface area contributed by atoms with Gasteiger partial charge in [-0.05, 0) is 93.1 Å². The van der Waals surface area contributed by atoms with E-state index in [1.807, 2.05) is 6.07 Å². The second-order valence-corrected chi connectivity index (χ2v) is 8.79. The van der Waals surface area contributed by atoms with Gasteiger partial charge in [-0.3, -0.25) is 0 Å². The van der Waals surface area contributed by atoms with Crippen LogP contribution in [-0.4, -0.2) is 7.11 Å². The zero-order chi connectivity index (χ0) is 19.1. The Morgan fingerprint density at radius 3 is 2.26 bits per heavy atom. The van der Waals surface area contributed by atoms with E-state index in [-0.39, 0.29) is 5.82 Å². The Morgan fingerprint density at radius 1 is 1.00 bits per heavy atom. The van der Waals surface area contributed by atoms with Crippen LogP contribution in [0.5, 0.6) is 0 Å². The van der Waals surface area contributed by atoms with Crippen LogP contribution in [0.3, 0.4) is 0 Å². The first-order valence-electron chi connectivity index (χ1n) is 11.1. The molecule has 2 saturated carbocycles. The van der Waals surface area contributed by atoms with E-state index >= 15 is 0 Å². The maximum absolute atomic E-state index is 14.2. The zero-order valence-corrected chi connectivity index (χ0v) is 17.3. The van der Waals surface area contributed by atoms with Crippen LogP contribution in [0.2, 0.25) is 0 Å². The number of rotatable bonds is 7. The number of allylic oxidation sites excluding steroid dienone is 2. The van der Waals surface area contributed by atoms with E-state index in [0.29, 0.717) is 18.1 Å². The molecule has 2 aliphatic carbocycles. The minimum atomic E-state index is -0.106. The van der Waals surface area contributed by atoms with Crippen LogP contribution in [0.1, 0.15) is 88.2 Å². The van der Waals surface area contributed by atoms with E-state index in [4.69, 9.17) is 4.74 Å². The quantitative estimate of drug-likeness (QED) is 0.453. The summed E-state index contributed by atoms with van der Waals surface area (Å²) in [5, 5.41) is 0. The SMILES string of the molecule is CCC/C=C/[C@H]1CC[C@H](C2CCC(c3ccc(COC)c(F)c3)CC2)CC1. The summed E-state index contributed by atoms with van der Waals surface area (Å²) in [4.78, 5) is 0. The van der Waals surface area contributed by atoms with E-state index in [1.165, 1.54) is 69.8 Å². The van der Waals surface area contributed by atoms with Gasteiger partial charge >= 0.3 is 0 Å². The first-order chi connectivity index (χ1) is 13.2. The minimum absolute atomic E-state index is 0.106. The Labute approximate surface area is 165 Å². The van der Waals surface area contributed by atoms with Gasteiger partial charge in [0.05, 0.1) is 6.61 Å². The molecule has 1 aromatic carbocycles. The Balaban J connectivity index is 1.46. The molecule has 0 amide bonds. The summed E-state index contributed by atoms with van der Waals surface area (Å²) in [6.07, 6.45) is 18.1. The third-order valence-corrected chi connectivity index (χ3v) is 6.97. The maximum Gasteiger partial charge on any atom is 0.129 e. The summed E-state index contributed by atoms with van der Waals surface area (Å²) in [6, 6.07) is 5.79. The molecule has 1 aromatic rings. The molecule has 0 heterocycles. The van der Waals surface area contributed by atoms with E-state index in [2.05, 4.69) is 25.1 Å². The van der Waals surface area contributed by atoms with E-state index in [9.17, 15) is 4.39 Å². The molecule has 0 N–H and O–H groups in total. The third kappa shape index (κ3) is 5.67. The molecule has 2 heteroatoms. The smallest absolute Gasteiger partial charge is 0.129 e. The monoisotopic (exact) mass is 372 g/mol. The van der Waals surface area contributed by atoms with Crippen molar-refractivity contribution in [2.24, 2.45) is 17.8 Å². The van der Waals surface area contributed by atoms with Gasteiger partial charge in [0, 0.05) is 12.7 Å². The average molecular weight is 373 g/mol. The topological polar surface area (TPSA) is 9.23 Å². The molecule has 0 atom stereocenters. The summed E-state index contributed by atoms with van der Waals surface area (Å²) < 4.78 is 19.3. The van der Waals surface area contributed by atoms with E-state index < -0.39 is 0 Å². The summed E-state index contributed by atoms with van der Waals surface area (Å²) in [6.45, 7) is 2.61. The molecule has 3 rings (SSSR count). The van der Waals surface area contributed by atoms with Crippen molar-refractivity contribution in [3.8, 4) is 0 Å². The highest BCUT2D eigenvalue weighted by Crippen LogP contribution is 2.44. The molecule has 0 saturated heterocycles. The number of halogens is 1. The number of benzene rings is 1.